The van der Waals surface area contributed by atoms with E-state index in [9.17, 15) is 19.4 Å². The highest BCUT2D eigenvalue weighted by Gasteiger charge is 2.42. The summed E-state index contributed by atoms with van der Waals surface area (Å²) in [6.07, 6.45) is -0.119. The Kier molecular flexibility index (Phi) is 5.94. The van der Waals surface area contributed by atoms with Crippen LogP contribution in [0.25, 0.3) is 0 Å². The Balaban J connectivity index is 1.46. The number of rotatable bonds is 4. The number of nitrogens with one attached hydrogen (secondary N) is 1. The minimum absolute atomic E-state index is 0.0766. The van der Waals surface area contributed by atoms with Crippen molar-refractivity contribution in [3.05, 3.63) is 51.2 Å². The van der Waals surface area contributed by atoms with Gasteiger partial charge in [0.05, 0.1) is 16.4 Å². The minimum Gasteiger partial charge on any atom is -0.490 e. The second kappa shape index (κ2) is 8.34. The van der Waals surface area contributed by atoms with E-state index in [4.69, 9.17) is 16.3 Å². The molecule has 0 radical (unpaired) electrons. The maximum atomic E-state index is 14.3. The third-order valence-corrected chi connectivity index (χ3v) is 6.45. The number of aliphatic hydroxyl groups is 2. The maximum absolute atomic E-state index is 14.3. The second-order valence-electron chi connectivity index (χ2n) is 7.65. The summed E-state index contributed by atoms with van der Waals surface area (Å²) in [5.74, 6) is 0.00709. The highest BCUT2D eigenvalue weighted by atomic mass is 79.9. The number of amides is 1. The van der Waals surface area contributed by atoms with Gasteiger partial charge in [-0.3, -0.25) is 4.79 Å². The van der Waals surface area contributed by atoms with Crippen LogP contribution in [0.15, 0.2) is 34.8 Å². The number of fused-ring (bicyclic) bond motifs is 1. The number of hydrogen-bond donors (Lipinski definition) is 3. The molecule has 3 N–H and O–H groups in total. The van der Waals surface area contributed by atoms with E-state index in [1.54, 1.807) is 29.2 Å². The molecule has 4 rings (SSSR count). The topological polar surface area (TPSA) is 82.0 Å². The van der Waals surface area contributed by atoms with Crippen LogP contribution in [0.5, 0.6) is 5.75 Å². The molecule has 30 heavy (non-hydrogen) atoms. The predicted octanol–water partition coefficient (Wildman–Crippen LogP) is 3.51. The number of carbonyl (C=O) groups excluding carboxylic acids is 1. The molecule has 2 aliphatic heterocycles. The third kappa shape index (κ3) is 4.14. The lowest BCUT2D eigenvalue weighted by molar-refractivity contribution is -0.116. The van der Waals surface area contributed by atoms with E-state index in [2.05, 4.69) is 21.2 Å². The van der Waals surface area contributed by atoms with Crippen molar-refractivity contribution >= 4 is 44.8 Å². The molecule has 2 heterocycles. The van der Waals surface area contributed by atoms with Gasteiger partial charge in [0.25, 0.3) is 0 Å². The lowest BCUT2D eigenvalue weighted by atomic mass is 9.89. The fourth-order valence-electron chi connectivity index (χ4n) is 3.85. The number of nitrogens with zero attached hydrogens (tertiary/aromatic N) is 1. The zero-order valence-electron chi connectivity index (χ0n) is 16.0. The molecule has 9 heteroatoms. The predicted molar refractivity (Wildman–Crippen MR) is 116 cm³/mol. The van der Waals surface area contributed by atoms with Crippen LogP contribution in [0.2, 0.25) is 5.02 Å². The van der Waals surface area contributed by atoms with E-state index >= 15 is 0 Å². The van der Waals surface area contributed by atoms with Crippen molar-refractivity contribution in [2.45, 2.75) is 31.0 Å². The zero-order valence-corrected chi connectivity index (χ0v) is 18.3. The van der Waals surface area contributed by atoms with Crippen LogP contribution in [0, 0.1) is 5.82 Å². The number of carbonyl (C=O) groups is 1. The maximum Gasteiger partial charge on any atom is 0.224 e. The number of piperidine rings is 1. The van der Waals surface area contributed by atoms with Gasteiger partial charge in [-0.15, -0.1) is 0 Å². The molecule has 2 aliphatic rings. The molecule has 0 saturated carbocycles. The number of ether oxygens (including phenoxy) is 1. The SMILES string of the molecule is O=C1CCc2c(OC[C@]3(O)CCN(c4ccc(Br)cc4F)C[C@H]3O)ccc(Cl)c2N1. The third-order valence-electron chi connectivity index (χ3n) is 5.64. The standard InChI is InChI=1S/C21H21BrClFN2O4/c22-12-1-4-16(15(24)9-12)26-8-7-21(29,18(27)10-26)11-30-17-5-3-14(23)20-13(17)2-6-19(28)25-20/h1,3-5,9,18,27,29H,2,6-8,10-11H2,(H,25,28)/t18-,21-/m1/s1. The molecule has 0 aliphatic carbocycles. The molecule has 160 valence electrons. The van der Waals surface area contributed by atoms with E-state index in [1.165, 1.54) is 6.07 Å². The summed E-state index contributed by atoms with van der Waals surface area (Å²) in [7, 11) is 0. The first kappa shape index (κ1) is 21.4. The summed E-state index contributed by atoms with van der Waals surface area (Å²) in [4.78, 5) is 13.4. The van der Waals surface area contributed by atoms with Crippen LogP contribution >= 0.6 is 27.5 Å². The summed E-state index contributed by atoms with van der Waals surface area (Å²) in [6, 6.07) is 8.06. The number of hydrogen-bond acceptors (Lipinski definition) is 5. The number of anilines is 2. The van der Waals surface area contributed by atoms with Crippen molar-refractivity contribution in [3.8, 4) is 5.75 Å². The first-order valence-corrected chi connectivity index (χ1v) is 10.8. The van der Waals surface area contributed by atoms with Crippen LogP contribution in [-0.2, 0) is 11.2 Å². The van der Waals surface area contributed by atoms with Gasteiger partial charge in [0.2, 0.25) is 5.91 Å². The van der Waals surface area contributed by atoms with Crippen molar-refractivity contribution < 1.29 is 24.1 Å². The highest BCUT2D eigenvalue weighted by Crippen LogP contribution is 2.38. The lowest BCUT2D eigenvalue weighted by Gasteiger charge is -2.42. The highest BCUT2D eigenvalue weighted by molar-refractivity contribution is 9.10. The van der Waals surface area contributed by atoms with Crippen molar-refractivity contribution in [1.29, 1.82) is 0 Å². The molecule has 0 aromatic heterocycles. The first-order chi connectivity index (χ1) is 14.3. The Labute approximate surface area is 186 Å². The fourth-order valence-corrected chi connectivity index (χ4v) is 4.41. The van der Waals surface area contributed by atoms with Gasteiger partial charge in [0.15, 0.2) is 0 Å². The van der Waals surface area contributed by atoms with Crippen LogP contribution in [0.1, 0.15) is 18.4 Å². The van der Waals surface area contributed by atoms with Crippen LogP contribution in [0.3, 0.4) is 0 Å². The number of halogens is 3. The summed E-state index contributed by atoms with van der Waals surface area (Å²) in [5.41, 5.74) is 0.197. The fraction of sp³-hybridized carbons (Fsp3) is 0.381. The summed E-state index contributed by atoms with van der Waals surface area (Å²) < 4.78 is 20.8. The Morgan fingerprint density at radius 3 is 2.87 bits per heavy atom. The molecule has 0 bridgehead atoms. The van der Waals surface area contributed by atoms with Crippen molar-refractivity contribution in [2.75, 3.05) is 29.9 Å². The van der Waals surface area contributed by atoms with Gasteiger partial charge < -0.3 is 25.2 Å². The van der Waals surface area contributed by atoms with E-state index in [0.717, 1.165) is 5.56 Å². The monoisotopic (exact) mass is 498 g/mol. The minimum atomic E-state index is -1.48. The van der Waals surface area contributed by atoms with Crippen molar-refractivity contribution in [3.63, 3.8) is 0 Å². The summed E-state index contributed by atoms with van der Waals surface area (Å²) in [5, 5.41) is 24.8. The first-order valence-electron chi connectivity index (χ1n) is 9.61. The van der Waals surface area contributed by atoms with E-state index in [0.29, 0.717) is 46.0 Å². The molecule has 2 aromatic rings. The van der Waals surface area contributed by atoms with Crippen molar-refractivity contribution in [2.24, 2.45) is 0 Å². The Morgan fingerprint density at radius 2 is 2.13 bits per heavy atom. The largest absolute Gasteiger partial charge is 0.490 e. The quantitative estimate of drug-likeness (QED) is 0.600. The Hall–Kier alpha value is -1.87. The average Bonchev–Trinajstić information content (AvgIpc) is 2.70. The summed E-state index contributed by atoms with van der Waals surface area (Å²) in [6.45, 7) is 0.310. The molecule has 0 unspecified atom stereocenters. The van der Waals surface area contributed by atoms with Gasteiger partial charge >= 0.3 is 0 Å². The Bertz CT molecular complexity index is 992. The molecular weight excluding hydrogens is 479 g/mol. The zero-order chi connectivity index (χ0) is 21.5. The normalized spacial score (nSPS) is 23.7. The van der Waals surface area contributed by atoms with E-state index in [-0.39, 0.29) is 25.5 Å². The van der Waals surface area contributed by atoms with Gasteiger partial charge in [0, 0.05) is 29.5 Å². The van der Waals surface area contributed by atoms with Gasteiger partial charge in [-0.05, 0) is 43.2 Å². The lowest BCUT2D eigenvalue weighted by Crippen LogP contribution is -2.58. The van der Waals surface area contributed by atoms with E-state index < -0.39 is 17.5 Å². The molecule has 1 saturated heterocycles. The number of β-amino-alcohol motifs (C(OH)–C–C–N with tert-alkyl or cyclic N) is 1. The van der Waals surface area contributed by atoms with Gasteiger partial charge in [-0.25, -0.2) is 4.39 Å². The smallest absolute Gasteiger partial charge is 0.224 e. The molecule has 0 spiro atoms. The molecule has 1 fully saturated rings. The number of aliphatic hydroxyl groups excluding tert-OH is 1. The van der Waals surface area contributed by atoms with E-state index in [1.807, 2.05) is 0 Å². The molecule has 2 aromatic carbocycles. The van der Waals surface area contributed by atoms with Crippen LogP contribution in [0.4, 0.5) is 15.8 Å². The van der Waals surface area contributed by atoms with Gasteiger partial charge in [-0.2, -0.15) is 0 Å². The number of benzene rings is 2. The summed E-state index contributed by atoms with van der Waals surface area (Å²) >= 11 is 9.41. The molecule has 6 nitrogen and oxygen atoms in total. The molecular formula is C21H21BrClFN2O4. The molecule has 2 atom stereocenters. The van der Waals surface area contributed by atoms with Crippen LogP contribution < -0.4 is 15.0 Å². The second-order valence-corrected chi connectivity index (χ2v) is 8.97. The van der Waals surface area contributed by atoms with Crippen LogP contribution in [-0.4, -0.2) is 47.5 Å². The van der Waals surface area contributed by atoms with Gasteiger partial charge in [-0.1, -0.05) is 27.5 Å². The van der Waals surface area contributed by atoms with Gasteiger partial charge in [0.1, 0.15) is 29.9 Å². The average molecular weight is 500 g/mol. The molecule has 1 amide bonds. The van der Waals surface area contributed by atoms with Crippen molar-refractivity contribution in [1.82, 2.24) is 0 Å². The Morgan fingerprint density at radius 1 is 1.33 bits per heavy atom.